The third-order valence-corrected chi connectivity index (χ3v) is 3.36. The first kappa shape index (κ1) is 23.8. The van der Waals surface area contributed by atoms with Crippen LogP contribution in [0.3, 0.4) is 0 Å². The summed E-state index contributed by atoms with van der Waals surface area (Å²) in [4.78, 5) is 10.3. The van der Waals surface area contributed by atoms with Crippen LogP contribution >= 0.6 is 0 Å². The Morgan fingerprint density at radius 2 is 1.38 bits per heavy atom. The fourth-order valence-corrected chi connectivity index (χ4v) is 1.82. The van der Waals surface area contributed by atoms with E-state index in [1.54, 1.807) is 12.2 Å². The number of carboxylic acids is 1. The second-order valence-corrected chi connectivity index (χ2v) is 5.75. The van der Waals surface area contributed by atoms with Crippen molar-refractivity contribution >= 4 is 5.97 Å². The SMILES string of the molecule is CCC(O)/C=C\C=C/C/C=C\C=C\C(O)C/C=C\C/C=C\CCC(=O)O. The Balaban J connectivity index is 3.80. The van der Waals surface area contributed by atoms with E-state index in [0.29, 0.717) is 12.8 Å². The van der Waals surface area contributed by atoms with Gasteiger partial charge in [-0.3, -0.25) is 4.79 Å². The summed E-state index contributed by atoms with van der Waals surface area (Å²) < 4.78 is 0. The largest absolute Gasteiger partial charge is 0.481 e. The minimum atomic E-state index is -0.783. The minimum Gasteiger partial charge on any atom is -0.481 e. The highest BCUT2D eigenvalue weighted by Gasteiger charge is 1.93. The molecule has 0 saturated heterocycles. The van der Waals surface area contributed by atoms with Gasteiger partial charge in [-0.1, -0.05) is 79.8 Å². The molecule has 0 amide bonds. The van der Waals surface area contributed by atoms with Crippen LogP contribution in [-0.2, 0) is 4.79 Å². The van der Waals surface area contributed by atoms with Gasteiger partial charge in [-0.15, -0.1) is 0 Å². The van der Waals surface area contributed by atoms with Crippen molar-refractivity contribution in [1.29, 1.82) is 0 Å². The maximum absolute atomic E-state index is 10.3. The van der Waals surface area contributed by atoms with E-state index in [4.69, 9.17) is 5.11 Å². The Hall–Kier alpha value is -2.17. The highest BCUT2D eigenvalue weighted by molar-refractivity contribution is 5.66. The number of aliphatic carboxylic acids is 1. The zero-order chi connectivity index (χ0) is 19.5. The fraction of sp³-hybridized carbons (Fsp3) is 0.409. The number of carbonyl (C=O) groups is 1. The van der Waals surface area contributed by atoms with Gasteiger partial charge in [0, 0.05) is 6.42 Å². The van der Waals surface area contributed by atoms with E-state index in [9.17, 15) is 15.0 Å². The molecule has 144 valence electrons. The molecule has 0 aromatic rings. The molecule has 0 aliphatic rings. The lowest BCUT2D eigenvalue weighted by atomic mass is 10.2. The summed E-state index contributed by atoms with van der Waals surface area (Å²) in [7, 11) is 0. The number of carboxylic acid groups (broad SMARTS) is 1. The summed E-state index contributed by atoms with van der Waals surface area (Å²) in [5.74, 6) is -0.783. The van der Waals surface area contributed by atoms with Crippen LogP contribution in [0.25, 0.3) is 0 Å². The highest BCUT2D eigenvalue weighted by Crippen LogP contribution is 1.99. The van der Waals surface area contributed by atoms with Crippen molar-refractivity contribution in [3.8, 4) is 0 Å². The molecule has 2 unspecified atom stereocenters. The first-order valence-electron chi connectivity index (χ1n) is 9.10. The summed E-state index contributed by atoms with van der Waals surface area (Å²) >= 11 is 0. The highest BCUT2D eigenvalue weighted by atomic mass is 16.4. The predicted molar refractivity (Wildman–Crippen MR) is 108 cm³/mol. The normalized spacial score (nSPS) is 15.5. The van der Waals surface area contributed by atoms with Crippen LogP contribution in [0.1, 0.15) is 45.4 Å². The lowest BCUT2D eigenvalue weighted by Gasteiger charge is -1.98. The number of hydrogen-bond donors (Lipinski definition) is 3. The molecule has 0 aromatic carbocycles. The Morgan fingerprint density at radius 1 is 0.808 bits per heavy atom. The second-order valence-electron chi connectivity index (χ2n) is 5.75. The Morgan fingerprint density at radius 3 is 2.00 bits per heavy atom. The molecule has 0 aliphatic heterocycles. The van der Waals surface area contributed by atoms with Crippen LogP contribution in [0.15, 0.2) is 72.9 Å². The van der Waals surface area contributed by atoms with Gasteiger partial charge in [-0.25, -0.2) is 0 Å². The molecule has 4 heteroatoms. The van der Waals surface area contributed by atoms with Crippen molar-refractivity contribution in [1.82, 2.24) is 0 Å². The standard InChI is InChI=1S/C22H32O4/c1-2-20(23)16-12-8-4-3-5-9-13-17-21(24)18-14-10-6-7-11-15-19-22(25)26/h4-5,7-14,16-17,20-21,23-24H,2-3,6,15,18-19H2,1H3,(H,25,26)/b8-4-,9-5-,11-7-,14-10-,16-12-,17-13+. The Kier molecular flexibility index (Phi) is 16.2. The molecule has 0 aliphatic carbocycles. The molecule has 0 spiro atoms. The van der Waals surface area contributed by atoms with Crippen molar-refractivity contribution in [2.45, 2.75) is 57.7 Å². The van der Waals surface area contributed by atoms with Crippen molar-refractivity contribution in [2.24, 2.45) is 0 Å². The van der Waals surface area contributed by atoms with Crippen molar-refractivity contribution < 1.29 is 20.1 Å². The van der Waals surface area contributed by atoms with Gasteiger partial charge in [-0.2, -0.15) is 0 Å². The first-order valence-corrected chi connectivity index (χ1v) is 9.10. The molecule has 0 bridgehead atoms. The van der Waals surface area contributed by atoms with Gasteiger partial charge in [-0.05, 0) is 32.1 Å². The Labute approximate surface area is 157 Å². The second kappa shape index (κ2) is 17.6. The third-order valence-electron chi connectivity index (χ3n) is 3.36. The van der Waals surface area contributed by atoms with Gasteiger partial charge in [0.2, 0.25) is 0 Å². The molecule has 26 heavy (non-hydrogen) atoms. The van der Waals surface area contributed by atoms with Crippen LogP contribution < -0.4 is 0 Å². The maximum Gasteiger partial charge on any atom is 0.303 e. The van der Waals surface area contributed by atoms with Gasteiger partial charge in [0.25, 0.3) is 0 Å². The summed E-state index contributed by atoms with van der Waals surface area (Å²) in [5, 5.41) is 27.6. The summed E-state index contributed by atoms with van der Waals surface area (Å²) in [5.41, 5.74) is 0. The molecular formula is C22H32O4. The van der Waals surface area contributed by atoms with Gasteiger partial charge < -0.3 is 15.3 Å². The first-order chi connectivity index (χ1) is 12.6. The molecule has 0 rings (SSSR count). The van der Waals surface area contributed by atoms with Crippen LogP contribution in [0.5, 0.6) is 0 Å². The van der Waals surface area contributed by atoms with Crippen LogP contribution in [-0.4, -0.2) is 33.5 Å². The zero-order valence-electron chi connectivity index (χ0n) is 15.6. The van der Waals surface area contributed by atoms with Gasteiger partial charge in [0.15, 0.2) is 0 Å². The van der Waals surface area contributed by atoms with Crippen LogP contribution in [0.4, 0.5) is 0 Å². The van der Waals surface area contributed by atoms with Crippen LogP contribution in [0, 0.1) is 0 Å². The van der Waals surface area contributed by atoms with Gasteiger partial charge >= 0.3 is 5.97 Å². The lowest BCUT2D eigenvalue weighted by Crippen LogP contribution is -1.98. The molecule has 2 atom stereocenters. The smallest absolute Gasteiger partial charge is 0.303 e. The molecule has 3 N–H and O–H groups in total. The number of rotatable bonds is 14. The monoisotopic (exact) mass is 360 g/mol. The quantitative estimate of drug-likeness (QED) is 0.315. The molecule has 0 radical (unpaired) electrons. The van der Waals surface area contributed by atoms with Crippen molar-refractivity contribution in [3.63, 3.8) is 0 Å². The van der Waals surface area contributed by atoms with E-state index >= 15 is 0 Å². The van der Waals surface area contributed by atoms with Crippen molar-refractivity contribution in [2.75, 3.05) is 0 Å². The summed E-state index contributed by atoms with van der Waals surface area (Å²) in [6.07, 6.45) is 25.2. The predicted octanol–water partition coefficient (Wildman–Crippen LogP) is 4.49. The number of aliphatic hydroxyl groups is 2. The van der Waals surface area contributed by atoms with E-state index in [2.05, 4.69) is 0 Å². The Bertz CT molecular complexity index is 524. The minimum absolute atomic E-state index is 0.158. The van der Waals surface area contributed by atoms with Crippen LogP contribution in [0.2, 0.25) is 0 Å². The molecule has 0 heterocycles. The van der Waals surface area contributed by atoms with E-state index in [1.165, 1.54) is 0 Å². The van der Waals surface area contributed by atoms with E-state index in [-0.39, 0.29) is 12.5 Å². The molecule has 0 aromatic heterocycles. The average molecular weight is 360 g/mol. The summed E-state index contributed by atoms with van der Waals surface area (Å²) in [6.45, 7) is 1.93. The van der Waals surface area contributed by atoms with Gasteiger partial charge in [0.1, 0.15) is 0 Å². The lowest BCUT2D eigenvalue weighted by molar-refractivity contribution is -0.136. The molecule has 0 saturated carbocycles. The number of hydrogen-bond acceptors (Lipinski definition) is 3. The van der Waals surface area contributed by atoms with E-state index in [0.717, 1.165) is 19.3 Å². The molecule has 4 nitrogen and oxygen atoms in total. The van der Waals surface area contributed by atoms with E-state index < -0.39 is 12.1 Å². The van der Waals surface area contributed by atoms with Gasteiger partial charge in [0.05, 0.1) is 12.2 Å². The summed E-state index contributed by atoms with van der Waals surface area (Å²) in [6, 6.07) is 0. The number of aliphatic hydroxyl groups excluding tert-OH is 2. The molecule has 0 fully saturated rings. The molecular weight excluding hydrogens is 328 g/mol. The zero-order valence-corrected chi connectivity index (χ0v) is 15.6. The number of allylic oxidation sites excluding steroid dienone is 9. The topological polar surface area (TPSA) is 77.8 Å². The maximum atomic E-state index is 10.3. The average Bonchev–Trinajstić information content (AvgIpc) is 2.61. The fourth-order valence-electron chi connectivity index (χ4n) is 1.82. The third kappa shape index (κ3) is 18.2. The van der Waals surface area contributed by atoms with E-state index in [1.807, 2.05) is 67.7 Å². The van der Waals surface area contributed by atoms with Crippen molar-refractivity contribution in [3.05, 3.63) is 72.9 Å².